The number of aliphatic hydroxyl groups excluding tert-OH is 1. The second-order valence-corrected chi connectivity index (χ2v) is 4.94. The van der Waals surface area contributed by atoms with Gasteiger partial charge >= 0.3 is 0 Å². The fourth-order valence-electron chi connectivity index (χ4n) is 2.92. The minimum atomic E-state index is 0.360. The maximum Gasteiger partial charge on any atom is 0.0434 e. The smallest absolute Gasteiger partial charge is 0.0434 e. The summed E-state index contributed by atoms with van der Waals surface area (Å²) in [7, 11) is 0. The fourth-order valence-corrected chi connectivity index (χ4v) is 2.92. The molecular weight excluding hydrogens is 186 g/mol. The minimum Gasteiger partial charge on any atom is -0.396 e. The third-order valence-electron chi connectivity index (χ3n) is 3.79. The van der Waals surface area contributed by atoms with E-state index < -0.39 is 0 Å². The molecular formula is C13H23NO. The van der Waals surface area contributed by atoms with Gasteiger partial charge in [0, 0.05) is 19.2 Å². The third kappa shape index (κ3) is 3.05. The van der Waals surface area contributed by atoms with Crippen molar-refractivity contribution in [2.24, 2.45) is 5.92 Å². The van der Waals surface area contributed by atoms with Crippen molar-refractivity contribution >= 4 is 0 Å². The van der Waals surface area contributed by atoms with E-state index in [1.165, 1.54) is 45.2 Å². The van der Waals surface area contributed by atoms with Gasteiger partial charge in [-0.3, -0.25) is 4.90 Å². The molecule has 0 spiro atoms. The highest BCUT2D eigenvalue weighted by Gasteiger charge is 2.24. The Morgan fingerprint density at radius 2 is 2.20 bits per heavy atom. The van der Waals surface area contributed by atoms with Crippen LogP contribution in [0, 0.1) is 5.92 Å². The summed E-state index contributed by atoms with van der Waals surface area (Å²) in [6, 6.07) is 0.695. The van der Waals surface area contributed by atoms with Gasteiger partial charge in [0.2, 0.25) is 0 Å². The molecule has 86 valence electrons. The number of allylic oxidation sites excluding steroid dienone is 1. The van der Waals surface area contributed by atoms with Crippen LogP contribution in [0.2, 0.25) is 0 Å². The van der Waals surface area contributed by atoms with E-state index in [1.54, 1.807) is 0 Å². The van der Waals surface area contributed by atoms with Crippen LogP contribution in [0.5, 0.6) is 0 Å². The van der Waals surface area contributed by atoms with Crippen molar-refractivity contribution in [1.82, 2.24) is 4.90 Å². The largest absolute Gasteiger partial charge is 0.396 e. The first kappa shape index (κ1) is 11.2. The Labute approximate surface area is 93.0 Å². The summed E-state index contributed by atoms with van der Waals surface area (Å²) in [6.45, 7) is 2.82. The summed E-state index contributed by atoms with van der Waals surface area (Å²) in [6.07, 6.45) is 12.3. The molecule has 0 aromatic carbocycles. The summed E-state index contributed by atoms with van der Waals surface area (Å²) in [5.41, 5.74) is 0. The van der Waals surface area contributed by atoms with E-state index >= 15 is 0 Å². The lowest BCUT2D eigenvalue weighted by Crippen LogP contribution is -2.42. The normalized spacial score (nSPS) is 33.1. The maximum atomic E-state index is 8.98. The highest BCUT2D eigenvalue weighted by Crippen LogP contribution is 2.24. The SMILES string of the molecule is OCC[C@H]1CCCN([C@@H]2C=CCCC2)C1. The quantitative estimate of drug-likeness (QED) is 0.720. The Kier molecular flexibility index (Phi) is 4.21. The van der Waals surface area contributed by atoms with Gasteiger partial charge in [0.25, 0.3) is 0 Å². The van der Waals surface area contributed by atoms with Crippen LogP contribution in [0.15, 0.2) is 12.2 Å². The van der Waals surface area contributed by atoms with Gasteiger partial charge < -0.3 is 5.11 Å². The van der Waals surface area contributed by atoms with Gasteiger partial charge in [0.1, 0.15) is 0 Å². The van der Waals surface area contributed by atoms with E-state index in [4.69, 9.17) is 5.11 Å². The maximum absolute atomic E-state index is 8.98. The molecule has 0 aromatic heterocycles. The average Bonchev–Trinajstić information content (AvgIpc) is 2.31. The molecule has 0 radical (unpaired) electrons. The molecule has 1 N–H and O–H groups in total. The molecule has 1 saturated heterocycles. The summed E-state index contributed by atoms with van der Waals surface area (Å²) in [5.74, 6) is 0.735. The first-order valence-electron chi connectivity index (χ1n) is 6.41. The van der Waals surface area contributed by atoms with Gasteiger partial charge in [-0.05, 0) is 51.0 Å². The van der Waals surface area contributed by atoms with E-state index in [9.17, 15) is 0 Å². The van der Waals surface area contributed by atoms with E-state index in [2.05, 4.69) is 17.1 Å². The predicted octanol–water partition coefficient (Wildman–Crippen LogP) is 2.19. The summed E-state index contributed by atoms with van der Waals surface area (Å²) < 4.78 is 0. The Balaban J connectivity index is 1.85. The molecule has 0 aromatic rings. The zero-order valence-corrected chi connectivity index (χ0v) is 9.57. The number of hydrogen-bond acceptors (Lipinski definition) is 2. The number of likely N-dealkylation sites (tertiary alicyclic amines) is 1. The van der Waals surface area contributed by atoms with E-state index in [-0.39, 0.29) is 0 Å². The van der Waals surface area contributed by atoms with Crippen molar-refractivity contribution in [3.8, 4) is 0 Å². The van der Waals surface area contributed by atoms with Crippen molar-refractivity contribution in [3.05, 3.63) is 12.2 Å². The van der Waals surface area contributed by atoms with Crippen LogP contribution in [0.3, 0.4) is 0 Å². The van der Waals surface area contributed by atoms with Gasteiger partial charge in [-0.15, -0.1) is 0 Å². The molecule has 1 aliphatic heterocycles. The number of rotatable bonds is 3. The van der Waals surface area contributed by atoms with Gasteiger partial charge in [-0.25, -0.2) is 0 Å². The Morgan fingerprint density at radius 1 is 1.27 bits per heavy atom. The van der Waals surface area contributed by atoms with Crippen molar-refractivity contribution in [2.45, 2.75) is 44.6 Å². The van der Waals surface area contributed by atoms with Crippen LogP contribution in [0.25, 0.3) is 0 Å². The average molecular weight is 209 g/mol. The zero-order chi connectivity index (χ0) is 10.5. The number of aliphatic hydroxyl groups is 1. The molecule has 2 heteroatoms. The van der Waals surface area contributed by atoms with Crippen LogP contribution < -0.4 is 0 Å². The van der Waals surface area contributed by atoms with E-state index in [0.717, 1.165) is 12.3 Å². The lowest BCUT2D eigenvalue weighted by molar-refractivity contribution is 0.119. The predicted molar refractivity (Wildman–Crippen MR) is 62.8 cm³/mol. The second kappa shape index (κ2) is 5.66. The van der Waals surface area contributed by atoms with Gasteiger partial charge in [0.05, 0.1) is 0 Å². The van der Waals surface area contributed by atoms with E-state index in [0.29, 0.717) is 12.6 Å². The zero-order valence-electron chi connectivity index (χ0n) is 9.57. The van der Waals surface area contributed by atoms with Crippen LogP contribution >= 0.6 is 0 Å². The van der Waals surface area contributed by atoms with Gasteiger partial charge in [0.15, 0.2) is 0 Å². The number of hydrogen-bond donors (Lipinski definition) is 1. The molecule has 2 atom stereocenters. The molecule has 2 aliphatic rings. The summed E-state index contributed by atoms with van der Waals surface area (Å²) in [5, 5.41) is 8.98. The van der Waals surface area contributed by atoms with Gasteiger partial charge in [-0.1, -0.05) is 12.2 Å². The monoisotopic (exact) mass is 209 g/mol. The molecule has 15 heavy (non-hydrogen) atoms. The standard InChI is InChI=1S/C13H23NO/c15-10-8-12-5-4-9-14(11-12)13-6-2-1-3-7-13/h2,6,12-13,15H,1,3-5,7-11H2/t12-,13-/m1/s1. The Bertz CT molecular complexity index is 213. The van der Waals surface area contributed by atoms with Crippen molar-refractivity contribution in [2.75, 3.05) is 19.7 Å². The molecule has 2 nitrogen and oxygen atoms in total. The molecule has 0 saturated carbocycles. The Morgan fingerprint density at radius 3 is 2.93 bits per heavy atom. The molecule has 0 amide bonds. The summed E-state index contributed by atoms with van der Waals surface area (Å²) in [4.78, 5) is 2.62. The topological polar surface area (TPSA) is 23.5 Å². The van der Waals surface area contributed by atoms with Crippen LogP contribution in [0.4, 0.5) is 0 Å². The second-order valence-electron chi connectivity index (χ2n) is 4.94. The van der Waals surface area contributed by atoms with Crippen LogP contribution in [-0.4, -0.2) is 35.7 Å². The van der Waals surface area contributed by atoms with Gasteiger partial charge in [-0.2, -0.15) is 0 Å². The van der Waals surface area contributed by atoms with Crippen molar-refractivity contribution < 1.29 is 5.11 Å². The van der Waals surface area contributed by atoms with Crippen molar-refractivity contribution in [3.63, 3.8) is 0 Å². The number of piperidine rings is 1. The molecule has 0 unspecified atom stereocenters. The number of nitrogens with zero attached hydrogens (tertiary/aromatic N) is 1. The molecule has 0 bridgehead atoms. The van der Waals surface area contributed by atoms with Crippen molar-refractivity contribution in [1.29, 1.82) is 0 Å². The minimum absolute atomic E-state index is 0.360. The highest BCUT2D eigenvalue weighted by atomic mass is 16.3. The Hall–Kier alpha value is -0.340. The first-order chi connectivity index (χ1) is 7.40. The lowest BCUT2D eigenvalue weighted by Gasteiger charge is -2.38. The third-order valence-corrected chi connectivity index (χ3v) is 3.79. The molecule has 1 aliphatic carbocycles. The molecule has 1 heterocycles. The first-order valence-corrected chi connectivity index (χ1v) is 6.41. The molecule has 1 fully saturated rings. The van der Waals surface area contributed by atoms with Crippen LogP contribution in [-0.2, 0) is 0 Å². The van der Waals surface area contributed by atoms with E-state index in [1.807, 2.05) is 0 Å². The fraction of sp³-hybridized carbons (Fsp3) is 0.846. The molecule has 2 rings (SSSR count). The lowest BCUT2D eigenvalue weighted by atomic mass is 9.92. The van der Waals surface area contributed by atoms with Crippen LogP contribution in [0.1, 0.15) is 38.5 Å². The highest BCUT2D eigenvalue weighted by molar-refractivity contribution is 4.99. The summed E-state index contributed by atoms with van der Waals surface area (Å²) >= 11 is 0.